The monoisotopic (exact) mass is 452 g/mol. The number of aromatic nitrogens is 1. The van der Waals surface area contributed by atoms with Crippen LogP contribution < -0.4 is 9.64 Å². The molecular formula is C24H18ClFN2O4. The predicted octanol–water partition coefficient (Wildman–Crippen LogP) is 4.90. The predicted molar refractivity (Wildman–Crippen MR) is 118 cm³/mol. The Morgan fingerprint density at radius 1 is 1.16 bits per heavy atom. The van der Waals surface area contributed by atoms with E-state index in [4.69, 9.17) is 16.3 Å². The van der Waals surface area contributed by atoms with Gasteiger partial charge in [0.05, 0.1) is 22.9 Å². The SMILES string of the molecule is CCOc1ccc(/C(O)=C2\C(=O)C(=O)N(c3ccc(F)c(Cl)c3)C2c2ccccn2)cc1. The molecule has 0 spiro atoms. The van der Waals surface area contributed by atoms with Gasteiger partial charge in [-0.25, -0.2) is 4.39 Å². The molecule has 1 unspecified atom stereocenters. The molecule has 0 aliphatic carbocycles. The first-order valence-electron chi connectivity index (χ1n) is 9.82. The fraction of sp³-hybridized carbons (Fsp3) is 0.125. The van der Waals surface area contributed by atoms with Gasteiger partial charge in [0.2, 0.25) is 0 Å². The lowest BCUT2D eigenvalue weighted by atomic mass is 9.98. The van der Waals surface area contributed by atoms with E-state index in [0.29, 0.717) is 23.6 Å². The number of halogens is 2. The quantitative estimate of drug-likeness (QED) is 0.338. The third kappa shape index (κ3) is 3.83. The molecule has 162 valence electrons. The Labute approximate surface area is 188 Å². The molecule has 2 heterocycles. The standard InChI is InChI=1S/C24H18ClFN2O4/c1-2-32-16-9-6-14(7-10-16)22(29)20-21(19-5-3-4-12-27-19)28(24(31)23(20)30)15-8-11-18(26)17(25)13-15/h3-13,21,29H,2H2,1H3/b22-20+. The van der Waals surface area contributed by atoms with E-state index in [1.54, 1.807) is 42.5 Å². The zero-order valence-electron chi connectivity index (χ0n) is 17.0. The smallest absolute Gasteiger partial charge is 0.300 e. The number of ketones is 1. The molecule has 32 heavy (non-hydrogen) atoms. The Morgan fingerprint density at radius 2 is 1.91 bits per heavy atom. The summed E-state index contributed by atoms with van der Waals surface area (Å²) in [5.74, 6) is -2.16. The second-order valence-electron chi connectivity index (χ2n) is 6.98. The van der Waals surface area contributed by atoms with Gasteiger partial charge in [-0.1, -0.05) is 17.7 Å². The number of ether oxygens (including phenoxy) is 1. The minimum absolute atomic E-state index is 0.127. The van der Waals surface area contributed by atoms with Crippen molar-refractivity contribution in [2.75, 3.05) is 11.5 Å². The third-order valence-electron chi connectivity index (χ3n) is 5.03. The Balaban J connectivity index is 1.88. The molecule has 8 heteroatoms. The second-order valence-corrected chi connectivity index (χ2v) is 7.39. The van der Waals surface area contributed by atoms with Gasteiger partial charge < -0.3 is 9.84 Å². The van der Waals surface area contributed by atoms with Crippen LogP contribution in [-0.2, 0) is 9.59 Å². The van der Waals surface area contributed by atoms with Gasteiger partial charge in [0.25, 0.3) is 11.7 Å². The number of pyridine rings is 1. The minimum Gasteiger partial charge on any atom is -0.507 e. The molecule has 1 aromatic heterocycles. The van der Waals surface area contributed by atoms with E-state index < -0.39 is 23.5 Å². The summed E-state index contributed by atoms with van der Waals surface area (Å²) in [6.45, 7) is 2.33. The van der Waals surface area contributed by atoms with Crippen LogP contribution in [0.15, 0.2) is 72.4 Å². The maximum Gasteiger partial charge on any atom is 0.300 e. The van der Waals surface area contributed by atoms with Crippen LogP contribution in [0.4, 0.5) is 10.1 Å². The molecule has 0 bridgehead atoms. The highest BCUT2D eigenvalue weighted by Gasteiger charge is 2.47. The summed E-state index contributed by atoms with van der Waals surface area (Å²) in [5.41, 5.74) is 0.780. The molecule has 1 saturated heterocycles. The summed E-state index contributed by atoms with van der Waals surface area (Å²) < 4.78 is 19.1. The van der Waals surface area contributed by atoms with Gasteiger partial charge in [0.15, 0.2) is 0 Å². The maximum absolute atomic E-state index is 13.7. The lowest BCUT2D eigenvalue weighted by Crippen LogP contribution is -2.29. The molecule has 2 aromatic carbocycles. The van der Waals surface area contributed by atoms with Crippen molar-refractivity contribution < 1.29 is 23.8 Å². The van der Waals surface area contributed by atoms with E-state index in [1.165, 1.54) is 18.3 Å². The van der Waals surface area contributed by atoms with Crippen LogP contribution in [0, 0.1) is 5.82 Å². The van der Waals surface area contributed by atoms with Crippen LogP contribution in [-0.4, -0.2) is 28.4 Å². The summed E-state index contributed by atoms with van der Waals surface area (Å²) in [7, 11) is 0. The summed E-state index contributed by atoms with van der Waals surface area (Å²) in [6.07, 6.45) is 1.52. The number of anilines is 1. The molecule has 0 radical (unpaired) electrons. The largest absolute Gasteiger partial charge is 0.507 e. The highest BCUT2D eigenvalue weighted by Crippen LogP contribution is 2.42. The zero-order chi connectivity index (χ0) is 22.8. The number of hydrogen-bond donors (Lipinski definition) is 1. The van der Waals surface area contributed by atoms with E-state index >= 15 is 0 Å². The second kappa shape index (κ2) is 8.80. The van der Waals surface area contributed by atoms with E-state index in [1.807, 2.05) is 6.92 Å². The molecule has 1 aliphatic rings. The number of hydrogen-bond acceptors (Lipinski definition) is 5. The molecule has 6 nitrogen and oxygen atoms in total. The number of carbonyl (C=O) groups is 2. The molecule has 1 N–H and O–H groups in total. The van der Waals surface area contributed by atoms with Crippen LogP contribution in [0.3, 0.4) is 0 Å². The Kier molecular flexibility index (Phi) is 5.92. The molecule has 3 aromatic rings. The van der Waals surface area contributed by atoms with Gasteiger partial charge in [-0.2, -0.15) is 0 Å². The molecule has 1 fully saturated rings. The average Bonchev–Trinajstić information content (AvgIpc) is 3.07. The summed E-state index contributed by atoms with van der Waals surface area (Å²) in [6, 6.07) is 14.2. The van der Waals surface area contributed by atoms with Gasteiger partial charge in [0, 0.05) is 17.4 Å². The normalized spacial score (nSPS) is 17.6. The van der Waals surface area contributed by atoms with Gasteiger partial charge >= 0.3 is 0 Å². The van der Waals surface area contributed by atoms with Crippen LogP contribution >= 0.6 is 11.6 Å². The van der Waals surface area contributed by atoms with Crippen molar-refractivity contribution in [1.29, 1.82) is 0 Å². The van der Waals surface area contributed by atoms with Crippen LogP contribution in [0.25, 0.3) is 5.76 Å². The number of aliphatic hydroxyl groups is 1. The van der Waals surface area contributed by atoms with Crippen LogP contribution in [0.1, 0.15) is 24.2 Å². The first-order chi connectivity index (χ1) is 15.4. The van der Waals surface area contributed by atoms with Gasteiger partial charge in [-0.15, -0.1) is 0 Å². The topological polar surface area (TPSA) is 79.7 Å². The van der Waals surface area contributed by atoms with Crippen molar-refractivity contribution in [3.8, 4) is 5.75 Å². The zero-order valence-corrected chi connectivity index (χ0v) is 17.7. The van der Waals surface area contributed by atoms with Crippen molar-refractivity contribution in [2.24, 2.45) is 0 Å². The number of benzene rings is 2. The van der Waals surface area contributed by atoms with E-state index in [9.17, 15) is 19.1 Å². The van der Waals surface area contributed by atoms with Gasteiger partial charge in [0.1, 0.15) is 23.4 Å². The first kappa shape index (κ1) is 21.5. The fourth-order valence-electron chi connectivity index (χ4n) is 3.58. The Hall–Kier alpha value is -3.71. The van der Waals surface area contributed by atoms with E-state index in [2.05, 4.69) is 4.98 Å². The summed E-state index contributed by atoms with van der Waals surface area (Å²) in [4.78, 5) is 31.5. The molecule has 1 atom stereocenters. The highest BCUT2D eigenvalue weighted by molar-refractivity contribution is 6.51. The summed E-state index contributed by atoms with van der Waals surface area (Å²) in [5, 5.41) is 10.9. The van der Waals surface area contributed by atoms with E-state index in [-0.39, 0.29) is 22.0 Å². The number of aliphatic hydroxyl groups excluding tert-OH is 1. The van der Waals surface area contributed by atoms with Crippen molar-refractivity contribution >= 4 is 34.7 Å². The van der Waals surface area contributed by atoms with Crippen molar-refractivity contribution in [1.82, 2.24) is 4.98 Å². The molecule has 1 amide bonds. The minimum atomic E-state index is -1.02. The number of Topliss-reactive ketones (excluding diaryl/α,β-unsaturated/α-hetero) is 1. The fourth-order valence-corrected chi connectivity index (χ4v) is 3.76. The molecule has 0 saturated carbocycles. The maximum atomic E-state index is 13.7. The highest BCUT2D eigenvalue weighted by atomic mass is 35.5. The summed E-state index contributed by atoms with van der Waals surface area (Å²) >= 11 is 5.92. The van der Waals surface area contributed by atoms with Crippen molar-refractivity contribution in [3.05, 3.63) is 94.5 Å². The Morgan fingerprint density at radius 3 is 2.53 bits per heavy atom. The van der Waals surface area contributed by atoms with Gasteiger partial charge in [-0.3, -0.25) is 19.5 Å². The Bertz CT molecular complexity index is 1210. The number of carbonyl (C=O) groups excluding carboxylic acids is 2. The number of nitrogens with zero attached hydrogens (tertiary/aromatic N) is 2. The van der Waals surface area contributed by atoms with Crippen LogP contribution in [0.2, 0.25) is 5.02 Å². The van der Waals surface area contributed by atoms with E-state index in [0.717, 1.165) is 11.0 Å². The number of amides is 1. The van der Waals surface area contributed by atoms with Gasteiger partial charge in [-0.05, 0) is 61.5 Å². The van der Waals surface area contributed by atoms with Crippen LogP contribution in [0.5, 0.6) is 5.75 Å². The van der Waals surface area contributed by atoms with Crippen molar-refractivity contribution in [2.45, 2.75) is 13.0 Å². The van der Waals surface area contributed by atoms with Crippen molar-refractivity contribution in [3.63, 3.8) is 0 Å². The lowest BCUT2D eigenvalue weighted by molar-refractivity contribution is -0.132. The lowest BCUT2D eigenvalue weighted by Gasteiger charge is -2.24. The molecule has 4 rings (SSSR count). The third-order valence-corrected chi connectivity index (χ3v) is 5.32. The first-order valence-corrected chi connectivity index (χ1v) is 10.2. The average molecular weight is 453 g/mol. The molecule has 1 aliphatic heterocycles. The molecular weight excluding hydrogens is 435 g/mol. The number of rotatable bonds is 5.